The van der Waals surface area contributed by atoms with Crippen molar-refractivity contribution in [1.82, 2.24) is 5.32 Å². The second kappa shape index (κ2) is 9.28. The summed E-state index contributed by atoms with van der Waals surface area (Å²) in [5.41, 5.74) is 2.19. The van der Waals surface area contributed by atoms with Crippen LogP contribution in [-0.2, 0) is 14.3 Å². The third-order valence-corrected chi connectivity index (χ3v) is 4.54. The Morgan fingerprint density at radius 1 is 1.29 bits per heavy atom. The maximum atomic E-state index is 12.5. The van der Waals surface area contributed by atoms with E-state index in [-0.39, 0.29) is 23.7 Å². The molecule has 0 saturated heterocycles. The number of fused-ring (bicyclic) bond motifs is 1. The molecule has 1 atom stereocenters. The first-order chi connectivity index (χ1) is 13.6. The van der Waals surface area contributed by atoms with E-state index >= 15 is 0 Å². The van der Waals surface area contributed by atoms with Gasteiger partial charge in [0, 0.05) is 31.4 Å². The van der Waals surface area contributed by atoms with Crippen molar-refractivity contribution in [3.63, 3.8) is 0 Å². The molecular formula is C22H25N2O4+. The molecule has 1 aliphatic carbocycles. The van der Waals surface area contributed by atoms with Crippen molar-refractivity contribution in [2.24, 2.45) is 0 Å². The monoisotopic (exact) mass is 381 g/mol. The third-order valence-electron chi connectivity index (χ3n) is 4.54. The van der Waals surface area contributed by atoms with E-state index in [0.717, 1.165) is 17.7 Å². The fourth-order valence-corrected chi connectivity index (χ4v) is 2.99. The Bertz CT molecular complexity index is 863. The van der Waals surface area contributed by atoms with Gasteiger partial charge in [-0.1, -0.05) is 24.3 Å². The van der Waals surface area contributed by atoms with Crippen LogP contribution in [0.1, 0.15) is 29.3 Å². The largest absolute Gasteiger partial charge is 0.465 e. The molecule has 0 radical (unpaired) electrons. The van der Waals surface area contributed by atoms with Gasteiger partial charge in [0.1, 0.15) is 7.05 Å². The minimum absolute atomic E-state index is 0.126. The van der Waals surface area contributed by atoms with Crippen LogP contribution in [-0.4, -0.2) is 55.0 Å². The molecule has 1 aromatic carbocycles. The second-order valence-corrected chi connectivity index (χ2v) is 6.51. The van der Waals surface area contributed by atoms with Crippen molar-refractivity contribution in [3.05, 3.63) is 65.5 Å². The van der Waals surface area contributed by atoms with Crippen LogP contribution < -0.4 is 5.32 Å². The average Bonchev–Trinajstić information content (AvgIpc) is 2.72. The van der Waals surface area contributed by atoms with E-state index in [9.17, 15) is 9.59 Å². The summed E-state index contributed by atoms with van der Waals surface area (Å²) in [6.07, 6.45) is 9.78. The Morgan fingerprint density at radius 3 is 2.82 bits per heavy atom. The molecule has 6 heteroatoms. The molecular weight excluding hydrogens is 356 g/mol. The molecule has 1 aromatic rings. The standard InChI is InChI=1S/C22H24N2O4/c1-3-27-14-6-13-23-21(25)17-11-9-16(10-12-17)15-20-22(26)24(2)18-7-4-5-8-19(18)28-20/h4-5,7-12,15,19H,3,6,13-14H2,1-2H3/p+1/b20-15-. The summed E-state index contributed by atoms with van der Waals surface area (Å²) in [6, 6.07) is 7.08. The first kappa shape index (κ1) is 19.8. The number of amides is 2. The Hall–Kier alpha value is -2.99. The van der Waals surface area contributed by atoms with Crippen molar-refractivity contribution in [3.8, 4) is 0 Å². The lowest BCUT2D eigenvalue weighted by Gasteiger charge is -2.21. The SMILES string of the molecule is CCOCCCNC(=O)c1ccc(/C=C2\OC3C=CC=CC3=[N+](C)C2=O)cc1. The maximum Gasteiger partial charge on any atom is 0.454 e. The number of nitrogens with zero attached hydrogens (tertiary/aromatic N) is 1. The summed E-state index contributed by atoms with van der Waals surface area (Å²) in [6.45, 7) is 3.83. The summed E-state index contributed by atoms with van der Waals surface area (Å²) in [5.74, 6) is -0.0366. The van der Waals surface area contributed by atoms with Crippen LogP contribution in [0, 0.1) is 0 Å². The van der Waals surface area contributed by atoms with E-state index in [4.69, 9.17) is 9.47 Å². The van der Waals surface area contributed by atoms with E-state index in [1.807, 2.05) is 31.2 Å². The zero-order valence-electron chi connectivity index (χ0n) is 16.2. The average molecular weight is 381 g/mol. The summed E-state index contributed by atoms with van der Waals surface area (Å²) in [4.78, 5) is 24.7. The van der Waals surface area contributed by atoms with Gasteiger partial charge in [0.05, 0.1) is 0 Å². The van der Waals surface area contributed by atoms with Gasteiger partial charge >= 0.3 is 5.91 Å². The molecule has 0 saturated carbocycles. The molecule has 3 rings (SSSR count). The van der Waals surface area contributed by atoms with Crippen molar-refractivity contribution < 1.29 is 23.6 Å². The van der Waals surface area contributed by atoms with E-state index in [2.05, 4.69) is 5.32 Å². The molecule has 0 fully saturated rings. The third kappa shape index (κ3) is 4.64. The minimum atomic E-state index is -0.263. The Morgan fingerprint density at radius 2 is 2.07 bits per heavy atom. The lowest BCUT2D eigenvalue weighted by molar-refractivity contribution is -0.424. The van der Waals surface area contributed by atoms with Crippen LogP contribution in [0.2, 0.25) is 0 Å². The van der Waals surface area contributed by atoms with Gasteiger partial charge in [0.25, 0.3) is 5.91 Å². The zero-order valence-corrected chi connectivity index (χ0v) is 16.2. The van der Waals surface area contributed by atoms with Crippen LogP contribution in [0.5, 0.6) is 0 Å². The molecule has 1 aliphatic heterocycles. The molecule has 0 bridgehead atoms. The molecule has 2 amide bonds. The molecule has 1 unspecified atom stereocenters. The van der Waals surface area contributed by atoms with E-state index in [1.165, 1.54) is 0 Å². The lowest BCUT2D eigenvalue weighted by Crippen LogP contribution is -2.40. The number of nitrogens with one attached hydrogen (secondary N) is 1. The smallest absolute Gasteiger partial charge is 0.454 e. The van der Waals surface area contributed by atoms with Crippen LogP contribution >= 0.6 is 0 Å². The maximum absolute atomic E-state index is 12.5. The van der Waals surface area contributed by atoms with Crippen LogP contribution in [0.25, 0.3) is 6.08 Å². The number of allylic oxidation sites excluding steroid dienone is 2. The van der Waals surface area contributed by atoms with E-state index < -0.39 is 0 Å². The first-order valence-corrected chi connectivity index (χ1v) is 9.44. The highest BCUT2D eigenvalue weighted by Gasteiger charge is 2.37. The number of carbonyl (C=O) groups excluding carboxylic acids is 2. The van der Waals surface area contributed by atoms with Gasteiger partial charge in [-0.25, -0.2) is 4.79 Å². The quantitative estimate of drug-likeness (QED) is 0.447. The van der Waals surface area contributed by atoms with Gasteiger partial charge in [-0.3, -0.25) is 4.79 Å². The predicted molar refractivity (Wildman–Crippen MR) is 107 cm³/mol. The van der Waals surface area contributed by atoms with Crippen molar-refractivity contribution in [2.45, 2.75) is 19.4 Å². The molecule has 2 aliphatic rings. The van der Waals surface area contributed by atoms with Crippen molar-refractivity contribution in [1.29, 1.82) is 0 Å². The molecule has 146 valence electrons. The first-order valence-electron chi connectivity index (χ1n) is 9.44. The fourth-order valence-electron chi connectivity index (χ4n) is 2.99. The van der Waals surface area contributed by atoms with Gasteiger partial charge in [-0.15, -0.1) is 0 Å². The molecule has 1 N–H and O–H groups in total. The van der Waals surface area contributed by atoms with Crippen molar-refractivity contribution in [2.75, 3.05) is 26.8 Å². The van der Waals surface area contributed by atoms with E-state index in [0.29, 0.717) is 25.3 Å². The molecule has 0 spiro atoms. The number of carbonyl (C=O) groups is 2. The van der Waals surface area contributed by atoms with Crippen LogP contribution in [0.4, 0.5) is 0 Å². The fraction of sp³-hybridized carbons (Fsp3) is 0.318. The summed E-state index contributed by atoms with van der Waals surface area (Å²) >= 11 is 0. The summed E-state index contributed by atoms with van der Waals surface area (Å²) in [5, 5.41) is 2.87. The molecule has 1 heterocycles. The van der Waals surface area contributed by atoms with Crippen molar-refractivity contribution >= 4 is 23.6 Å². The zero-order chi connectivity index (χ0) is 19.9. The Kier molecular flexibility index (Phi) is 6.55. The Labute approximate surface area is 164 Å². The van der Waals surface area contributed by atoms with Gasteiger partial charge in [0.15, 0.2) is 0 Å². The topological polar surface area (TPSA) is 67.6 Å². The number of hydrogen-bond acceptors (Lipinski definition) is 4. The highest BCUT2D eigenvalue weighted by molar-refractivity contribution is 6.05. The highest BCUT2D eigenvalue weighted by Crippen LogP contribution is 2.20. The van der Waals surface area contributed by atoms with Gasteiger partial charge in [-0.05, 0) is 43.2 Å². The van der Waals surface area contributed by atoms with Gasteiger partial charge in [0.2, 0.25) is 17.6 Å². The number of likely N-dealkylation sites (N-methyl/N-ethyl adjacent to an activating group) is 1. The second-order valence-electron chi connectivity index (χ2n) is 6.51. The Balaban J connectivity index is 1.65. The minimum Gasteiger partial charge on any atom is -0.465 e. The molecule has 6 nitrogen and oxygen atoms in total. The molecule has 0 aromatic heterocycles. The van der Waals surface area contributed by atoms with Gasteiger partial charge in [-0.2, -0.15) is 4.58 Å². The predicted octanol–water partition coefficient (Wildman–Crippen LogP) is 2.32. The highest BCUT2D eigenvalue weighted by atomic mass is 16.5. The number of rotatable bonds is 7. The van der Waals surface area contributed by atoms with Gasteiger partial charge < -0.3 is 14.8 Å². The number of benzene rings is 1. The normalized spacial score (nSPS) is 19.6. The summed E-state index contributed by atoms with van der Waals surface area (Å²) in [7, 11) is 1.74. The van der Waals surface area contributed by atoms with Crippen LogP contribution in [0.3, 0.4) is 0 Å². The number of hydrogen-bond donors (Lipinski definition) is 1. The van der Waals surface area contributed by atoms with Crippen LogP contribution in [0.15, 0.2) is 54.3 Å². The number of ether oxygens (including phenoxy) is 2. The van der Waals surface area contributed by atoms with E-state index in [1.54, 1.807) is 42.0 Å². The molecule has 28 heavy (non-hydrogen) atoms. The summed E-state index contributed by atoms with van der Waals surface area (Å²) < 4.78 is 12.7. The lowest BCUT2D eigenvalue weighted by atomic mass is 10.1.